The van der Waals surface area contributed by atoms with Crippen molar-refractivity contribution in [3.05, 3.63) is 47.9 Å². The lowest BCUT2D eigenvalue weighted by Gasteiger charge is -2.36. The molecule has 5 nitrogen and oxygen atoms in total. The second kappa shape index (κ2) is 7.44. The first-order valence-corrected chi connectivity index (χ1v) is 9.76. The number of piperidine rings is 1. The lowest BCUT2D eigenvalue weighted by Crippen LogP contribution is -2.40. The third kappa shape index (κ3) is 3.18. The predicted molar refractivity (Wildman–Crippen MR) is 104 cm³/mol. The van der Waals surface area contributed by atoms with Gasteiger partial charge in [0.2, 0.25) is 0 Å². The SMILES string of the molecule is CCC1CCCCN1c1cnc(C(=O)N2CCCc3ccccc32)cn1. The van der Waals surface area contributed by atoms with Crippen molar-refractivity contribution in [2.45, 2.75) is 51.5 Å². The molecule has 4 rings (SSSR count). The third-order valence-corrected chi connectivity index (χ3v) is 5.61. The molecule has 0 aliphatic carbocycles. The van der Waals surface area contributed by atoms with Crippen molar-refractivity contribution < 1.29 is 4.79 Å². The molecule has 1 unspecified atom stereocenters. The van der Waals surface area contributed by atoms with Crippen molar-refractivity contribution in [1.29, 1.82) is 0 Å². The molecule has 1 aromatic carbocycles. The first-order chi connectivity index (χ1) is 12.8. The van der Waals surface area contributed by atoms with Crippen LogP contribution in [0, 0.1) is 0 Å². The smallest absolute Gasteiger partial charge is 0.278 e. The lowest BCUT2D eigenvalue weighted by atomic mass is 10.0. The quantitative estimate of drug-likeness (QED) is 0.844. The Bertz CT molecular complexity index is 774. The molecule has 0 N–H and O–H groups in total. The zero-order chi connectivity index (χ0) is 17.9. The van der Waals surface area contributed by atoms with Gasteiger partial charge in [-0.1, -0.05) is 25.1 Å². The van der Waals surface area contributed by atoms with E-state index in [1.54, 1.807) is 12.4 Å². The Morgan fingerprint density at radius 2 is 2.00 bits per heavy atom. The van der Waals surface area contributed by atoms with Crippen LogP contribution >= 0.6 is 0 Å². The molecule has 1 fully saturated rings. The third-order valence-electron chi connectivity index (χ3n) is 5.61. The Hall–Kier alpha value is -2.43. The van der Waals surface area contributed by atoms with Gasteiger partial charge in [-0.15, -0.1) is 0 Å². The molecular weight excluding hydrogens is 324 g/mol. The molecule has 1 amide bonds. The van der Waals surface area contributed by atoms with Gasteiger partial charge in [0.1, 0.15) is 11.5 Å². The average molecular weight is 350 g/mol. The van der Waals surface area contributed by atoms with Crippen LogP contribution in [0.5, 0.6) is 0 Å². The van der Waals surface area contributed by atoms with Crippen molar-refractivity contribution in [2.75, 3.05) is 22.9 Å². The van der Waals surface area contributed by atoms with Crippen molar-refractivity contribution in [3.63, 3.8) is 0 Å². The first kappa shape index (κ1) is 17.0. The highest BCUT2D eigenvalue weighted by Crippen LogP contribution is 2.28. The van der Waals surface area contributed by atoms with Crippen molar-refractivity contribution in [2.24, 2.45) is 0 Å². The maximum absolute atomic E-state index is 13.0. The van der Waals surface area contributed by atoms with Crippen LogP contribution in [0.4, 0.5) is 11.5 Å². The van der Waals surface area contributed by atoms with Gasteiger partial charge >= 0.3 is 0 Å². The Kier molecular flexibility index (Phi) is 4.87. The highest BCUT2D eigenvalue weighted by Gasteiger charge is 2.26. The molecule has 5 heteroatoms. The van der Waals surface area contributed by atoms with Gasteiger partial charge in [-0.2, -0.15) is 0 Å². The van der Waals surface area contributed by atoms with Gasteiger partial charge < -0.3 is 9.80 Å². The van der Waals surface area contributed by atoms with Gasteiger partial charge in [0.15, 0.2) is 0 Å². The predicted octanol–water partition coefficient (Wildman–Crippen LogP) is 3.84. The van der Waals surface area contributed by atoms with E-state index in [9.17, 15) is 4.79 Å². The number of amides is 1. The summed E-state index contributed by atoms with van der Waals surface area (Å²) < 4.78 is 0. The number of fused-ring (bicyclic) bond motifs is 1. The van der Waals surface area contributed by atoms with Gasteiger partial charge in [0.05, 0.1) is 12.4 Å². The molecule has 26 heavy (non-hydrogen) atoms. The Labute approximate surface area is 155 Å². The van der Waals surface area contributed by atoms with E-state index in [-0.39, 0.29) is 5.91 Å². The molecule has 1 aromatic heterocycles. The minimum Gasteiger partial charge on any atom is -0.352 e. The van der Waals surface area contributed by atoms with Gasteiger partial charge in [-0.25, -0.2) is 9.97 Å². The summed E-state index contributed by atoms with van der Waals surface area (Å²) in [6.45, 7) is 3.99. The molecule has 1 atom stereocenters. The summed E-state index contributed by atoms with van der Waals surface area (Å²) in [6, 6.07) is 8.68. The summed E-state index contributed by atoms with van der Waals surface area (Å²) in [4.78, 5) is 26.2. The summed E-state index contributed by atoms with van der Waals surface area (Å²) in [6.07, 6.45) is 10.2. The van der Waals surface area contributed by atoms with Crippen molar-refractivity contribution in [1.82, 2.24) is 9.97 Å². The molecular formula is C21H26N4O. The zero-order valence-corrected chi connectivity index (χ0v) is 15.4. The summed E-state index contributed by atoms with van der Waals surface area (Å²) in [7, 11) is 0. The zero-order valence-electron chi connectivity index (χ0n) is 15.4. The van der Waals surface area contributed by atoms with Crippen LogP contribution in [0.2, 0.25) is 0 Å². The monoisotopic (exact) mass is 350 g/mol. The highest BCUT2D eigenvalue weighted by atomic mass is 16.2. The molecule has 0 saturated carbocycles. The molecule has 0 spiro atoms. The normalized spacial score (nSPS) is 20.0. The largest absolute Gasteiger partial charge is 0.352 e. The summed E-state index contributed by atoms with van der Waals surface area (Å²) >= 11 is 0. The van der Waals surface area contributed by atoms with E-state index in [0.717, 1.165) is 43.9 Å². The number of hydrogen-bond acceptors (Lipinski definition) is 4. The number of carbonyl (C=O) groups excluding carboxylic acids is 1. The van der Waals surface area contributed by atoms with Crippen molar-refractivity contribution >= 4 is 17.4 Å². The molecule has 2 aromatic rings. The van der Waals surface area contributed by atoms with Gasteiger partial charge in [0.25, 0.3) is 5.91 Å². The minimum atomic E-state index is -0.0538. The Balaban J connectivity index is 1.55. The second-order valence-electron chi connectivity index (χ2n) is 7.20. The van der Waals surface area contributed by atoms with E-state index in [2.05, 4.69) is 27.9 Å². The van der Waals surface area contributed by atoms with E-state index >= 15 is 0 Å². The number of carbonyl (C=O) groups is 1. The first-order valence-electron chi connectivity index (χ1n) is 9.76. The molecule has 3 heterocycles. The van der Waals surface area contributed by atoms with E-state index < -0.39 is 0 Å². The summed E-state index contributed by atoms with van der Waals surface area (Å²) in [5.41, 5.74) is 2.67. The number of hydrogen-bond donors (Lipinski definition) is 0. The minimum absolute atomic E-state index is 0.0538. The lowest BCUT2D eigenvalue weighted by molar-refractivity contribution is 0.0980. The standard InChI is InChI=1S/C21H26N4O/c1-2-17-10-5-6-12-24(17)20-15-22-18(14-23-20)21(26)25-13-7-9-16-8-3-4-11-19(16)25/h3-4,8,11,14-15,17H,2,5-7,9-10,12-13H2,1H3. The number of anilines is 2. The van der Waals surface area contributed by atoms with Gasteiger partial charge in [-0.3, -0.25) is 4.79 Å². The van der Waals surface area contributed by atoms with Crippen LogP contribution in [-0.2, 0) is 6.42 Å². The van der Waals surface area contributed by atoms with Crippen molar-refractivity contribution in [3.8, 4) is 0 Å². The van der Waals surface area contributed by atoms with Gasteiger partial charge in [-0.05, 0) is 50.2 Å². The average Bonchev–Trinajstić information content (AvgIpc) is 2.73. The maximum atomic E-state index is 13.0. The molecule has 2 aliphatic rings. The van der Waals surface area contributed by atoms with Crippen LogP contribution in [0.15, 0.2) is 36.7 Å². The van der Waals surface area contributed by atoms with E-state index in [1.807, 2.05) is 23.1 Å². The van der Waals surface area contributed by atoms with Crippen LogP contribution in [0.3, 0.4) is 0 Å². The molecule has 0 bridgehead atoms. The summed E-state index contributed by atoms with van der Waals surface area (Å²) in [5, 5.41) is 0. The Morgan fingerprint density at radius 3 is 2.81 bits per heavy atom. The topological polar surface area (TPSA) is 49.3 Å². The molecule has 2 aliphatic heterocycles. The Morgan fingerprint density at radius 1 is 1.12 bits per heavy atom. The fourth-order valence-corrected chi connectivity index (χ4v) is 4.19. The van der Waals surface area contributed by atoms with Crippen LogP contribution in [0.1, 0.15) is 55.1 Å². The number of rotatable bonds is 3. The number of aryl methyl sites for hydroxylation is 1. The van der Waals surface area contributed by atoms with E-state index in [1.165, 1.54) is 24.8 Å². The highest BCUT2D eigenvalue weighted by molar-refractivity contribution is 6.05. The molecule has 1 saturated heterocycles. The van der Waals surface area contributed by atoms with Crippen LogP contribution in [0.25, 0.3) is 0 Å². The summed E-state index contributed by atoms with van der Waals surface area (Å²) in [5.74, 6) is 0.842. The number of benzene rings is 1. The fourth-order valence-electron chi connectivity index (χ4n) is 4.19. The van der Waals surface area contributed by atoms with Crippen LogP contribution < -0.4 is 9.80 Å². The number of aromatic nitrogens is 2. The number of para-hydroxylation sites is 1. The number of nitrogens with zero attached hydrogens (tertiary/aromatic N) is 4. The molecule has 136 valence electrons. The molecule has 0 radical (unpaired) electrons. The van der Waals surface area contributed by atoms with E-state index in [0.29, 0.717) is 11.7 Å². The second-order valence-corrected chi connectivity index (χ2v) is 7.20. The van der Waals surface area contributed by atoms with Gasteiger partial charge in [0, 0.05) is 24.8 Å². The van der Waals surface area contributed by atoms with Crippen LogP contribution in [-0.4, -0.2) is 35.0 Å². The maximum Gasteiger partial charge on any atom is 0.278 e. The van der Waals surface area contributed by atoms with E-state index in [4.69, 9.17) is 0 Å². The fraction of sp³-hybridized carbons (Fsp3) is 0.476.